The Hall–Kier alpha value is -1.85. The molecule has 2 N–H and O–H groups in total. The van der Waals surface area contributed by atoms with Gasteiger partial charge in [-0.2, -0.15) is 4.31 Å². The highest BCUT2D eigenvalue weighted by Crippen LogP contribution is 2.26. The first-order valence-electron chi connectivity index (χ1n) is 6.86. The quantitative estimate of drug-likeness (QED) is 0.864. The summed E-state index contributed by atoms with van der Waals surface area (Å²) >= 11 is 0. The van der Waals surface area contributed by atoms with Crippen LogP contribution in [0.4, 0.5) is 5.69 Å². The minimum Gasteiger partial charge on any atom is -0.398 e. The number of anilines is 1. The lowest BCUT2D eigenvalue weighted by Gasteiger charge is -2.22. The fourth-order valence-electron chi connectivity index (χ4n) is 2.31. The lowest BCUT2D eigenvalue weighted by Crippen LogP contribution is -2.31. The topological polar surface area (TPSA) is 63.4 Å². The Morgan fingerprint density at radius 2 is 1.71 bits per heavy atom. The van der Waals surface area contributed by atoms with Crippen LogP contribution in [0.3, 0.4) is 0 Å². The van der Waals surface area contributed by atoms with E-state index in [1.54, 1.807) is 25.1 Å². The molecule has 0 saturated carbocycles. The van der Waals surface area contributed by atoms with E-state index < -0.39 is 10.0 Å². The van der Waals surface area contributed by atoms with Crippen LogP contribution in [-0.4, -0.2) is 19.3 Å². The summed E-state index contributed by atoms with van der Waals surface area (Å²) in [6, 6.07) is 14.7. The average molecular weight is 304 g/mol. The smallest absolute Gasteiger partial charge is 0.245 e. The number of hydrogen-bond donors (Lipinski definition) is 1. The van der Waals surface area contributed by atoms with Gasteiger partial charge < -0.3 is 5.73 Å². The first-order valence-corrected chi connectivity index (χ1v) is 8.30. The molecule has 112 valence electrons. The number of rotatable bonds is 5. The maximum Gasteiger partial charge on any atom is 0.245 e. The van der Waals surface area contributed by atoms with E-state index >= 15 is 0 Å². The van der Waals surface area contributed by atoms with Gasteiger partial charge in [-0.25, -0.2) is 8.42 Å². The van der Waals surface area contributed by atoms with Crippen LogP contribution in [0.1, 0.15) is 18.1 Å². The van der Waals surface area contributed by atoms with Gasteiger partial charge in [-0.3, -0.25) is 0 Å². The molecule has 4 nitrogen and oxygen atoms in total. The van der Waals surface area contributed by atoms with Gasteiger partial charge in [0.1, 0.15) is 4.90 Å². The Balaban J connectivity index is 2.41. The molecule has 0 aliphatic rings. The lowest BCUT2D eigenvalue weighted by atomic mass is 10.2. The Bertz CT molecular complexity index is 692. The van der Waals surface area contributed by atoms with Crippen LogP contribution in [0.5, 0.6) is 0 Å². The predicted molar refractivity (Wildman–Crippen MR) is 85.3 cm³/mol. The molecule has 21 heavy (non-hydrogen) atoms. The van der Waals surface area contributed by atoms with Gasteiger partial charge in [-0.15, -0.1) is 0 Å². The maximum atomic E-state index is 12.9. The van der Waals surface area contributed by atoms with E-state index in [0.717, 1.165) is 5.56 Å². The maximum absolute atomic E-state index is 12.9. The molecule has 2 aromatic rings. The van der Waals surface area contributed by atoms with Gasteiger partial charge in [-0.05, 0) is 24.1 Å². The van der Waals surface area contributed by atoms with Gasteiger partial charge in [0, 0.05) is 13.1 Å². The molecule has 0 heterocycles. The number of nitrogen functional groups attached to an aromatic ring is 1. The fourth-order valence-corrected chi connectivity index (χ4v) is 4.07. The van der Waals surface area contributed by atoms with Crippen LogP contribution < -0.4 is 5.73 Å². The summed E-state index contributed by atoms with van der Waals surface area (Å²) < 4.78 is 27.2. The third-order valence-corrected chi connectivity index (χ3v) is 5.54. The molecule has 2 aromatic carbocycles. The monoisotopic (exact) mass is 304 g/mol. The molecule has 0 saturated heterocycles. The van der Waals surface area contributed by atoms with Crippen LogP contribution in [0.2, 0.25) is 0 Å². The van der Waals surface area contributed by atoms with Crippen molar-refractivity contribution in [2.75, 3.05) is 12.3 Å². The molecular formula is C16H20N2O2S. The summed E-state index contributed by atoms with van der Waals surface area (Å²) in [5.41, 5.74) is 7.80. The Morgan fingerprint density at radius 1 is 1.05 bits per heavy atom. The summed E-state index contributed by atoms with van der Waals surface area (Å²) in [5.74, 6) is 0. The Kier molecular flexibility index (Phi) is 4.65. The van der Waals surface area contributed by atoms with Gasteiger partial charge in [-0.1, -0.05) is 49.4 Å². The molecule has 0 aromatic heterocycles. The highest BCUT2D eigenvalue weighted by Gasteiger charge is 2.26. The van der Waals surface area contributed by atoms with E-state index in [4.69, 9.17) is 5.73 Å². The molecule has 0 radical (unpaired) electrons. The summed E-state index contributed by atoms with van der Waals surface area (Å²) in [7, 11) is -3.60. The largest absolute Gasteiger partial charge is 0.398 e. The van der Waals surface area contributed by atoms with Gasteiger partial charge in [0.2, 0.25) is 10.0 Å². The van der Waals surface area contributed by atoms with Crippen molar-refractivity contribution >= 4 is 15.7 Å². The number of aryl methyl sites for hydroxylation is 1. The van der Waals surface area contributed by atoms with Crippen molar-refractivity contribution in [3.05, 3.63) is 59.7 Å². The van der Waals surface area contributed by atoms with Crippen molar-refractivity contribution < 1.29 is 8.42 Å². The molecular weight excluding hydrogens is 284 g/mol. The highest BCUT2D eigenvalue weighted by atomic mass is 32.2. The number of hydrogen-bond acceptors (Lipinski definition) is 3. The van der Waals surface area contributed by atoms with Gasteiger partial charge >= 0.3 is 0 Å². The molecule has 2 rings (SSSR count). The first-order chi connectivity index (χ1) is 9.96. The highest BCUT2D eigenvalue weighted by molar-refractivity contribution is 7.89. The minimum atomic E-state index is -3.60. The van der Waals surface area contributed by atoms with E-state index in [9.17, 15) is 8.42 Å². The molecule has 0 aliphatic carbocycles. The molecule has 0 aliphatic heterocycles. The summed E-state index contributed by atoms with van der Waals surface area (Å²) in [4.78, 5) is 0.211. The van der Waals surface area contributed by atoms with Crippen molar-refractivity contribution in [3.8, 4) is 0 Å². The van der Waals surface area contributed by atoms with Crippen LogP contribution >= 0.6 is 0 Å². The third kappa shape index (κ3) is 3.25. The zero-order valence-electron chi connectivity index (χ0n) is 12.3. The average Bonchev–Trinajstić information content (AvgIpc) is 2.45. The van der Waals surface area contributed by atoms with Crippen molar-refractivity contribution in [2.24, 2.45) is 0 Å². The van der Waals surface area contributed by atoms with Crippen LogP contribution in [0.15, 0.2) is 53.4 Å². The SMILES string of the molecule is CCN(Cc1ccccc1)S(=O)(=O)c1c(C)cccc1N. The number of nitrogens with two attached hydrogens (primary N) is 1. The second kappa shape index (κ2) is 6.28. The van der Waals surface area contributed by atoms with Gasteiger partial charge in [0.25, 0.3) is 0 Å². The van der Waals surface area contributed by atoms with Crippen molar-refractivity contribution in [3.63, 3.8) is 0 Å². The van der Waals surface area contributed by atoms with Crippen LogP contribution in [-0.2, 0) is 16.6 Å². The third-order valence-electron chi connectivity index (χ3n) is 3.39. The van der Waals surface area contributed by atoms with Crippen LogP contribution in [0, 0.1) is 6.92 Å². The second-order valence-electron chi connectivity index (χ2n) is 4.91. The molecule has 0 bridgehead atoms. The predicted octanol–water partition coefficient (Wildman–Crippen LogP) is 2.79. The number of nitrogens with zero attached hydrogens (tertiary/aromatic N) is 1. The van der Waals surface area contributed by atoms with E-state index in [1.807, 2.05) is 37.3 Å². The number of benzene rings is 2. The normalized spacial score (nSPS) is 11.8. The minimum absolute atomic E-state index is 0.211. The molecule has 0 amide bonds. The van der Waals surface area contributed by atoms with Crippen molar-refractivity contribution in [1.29, 1.82) is 0 Å². The summed E-state index contributed by atoms with van der Waals surface area (Å²) in [5, 5.41) is 0. The zero-order valence-corrected chi connectivity index (χ0v) is 13.1. The molecule has 0 unspecified atom stereocenters. The van der Waals surface area contributed by atoms with E-state index in [1.165, 1.54) is 4.31 Å². The van der Waals surface area contributed by atoms with E-state index in [0.29, 0.717) is 24.3 Å². The standard InChI is InChI=1S/C16H20N2O2S/c1-3-18(12-14-9-5-4-6-10-14)21(19,20)16-13(2)8-7-11-15(16)17/h4-11H,3,12,17H2,1-2H3. The van der Waals surface area contributed by atoms with Crippen LogP contribution in [0.25, 0.3) is 0 Å². The lowest BCUT2D eigenvalue weighted by molar-refractivity contribution is 0.423. The molecule has 0 atom stereocenters. The Morgan fingerprint density at radius 3 is 2.29 bits per heavy atom. The van der Waals surface area contributed by atoms with Crippen molar-refractivity contribution in [1.82, 2.24) is 4.31 Å². The summed E-state index contributed by atoms with van der Waals surface area (Å²) in [6.45, 7) is 4.33. The van der Waals surface area contributed by atoms with Gasteiger partial charge in [0.15, 0.2) is 0 Å². The molecule has 0 fully saturated rings. The Labute approximate surface area is 126 Å². The first kappa shape index (κ1) is 15.5. The fraction of sp³-hybridized carbons (Fsp3) is 0.250. The van der Waals surface area contributed by atoms with Crippen molar-refractivity contribution in [2.45, 2.75) is 25.3 Å². The summed E-state index contributed by atoms with van der Waals surface area (Å²) in [6.07, 6.45) is 0. The molecule has 5 heteroatoms. The second-order valence-corrected chi connectivity index (χ2v) is 6.78. The molecule has 0 spiro atoms. The van der Waals surface area contributed by atoms with Gasteiger partial charge in [0.05, 0.1) is 5.69 Å². The zero-order chi connectivity index (χ0) is 15.5. The van der Waals surface area contributed by atoms with E-state index in [2.05, 4.69) is 0 Å². The van der Waals surface area contributed by atoms with E-state index in [-0.39, 0.29) is 4.90 Å². The number of sulfonamides is 1.